The molecule has 3 nitrogen and oxygen atoms in total. The van der Waals surface area contributed by atoms with Crippen LogP contribution >= 0.6 is 0 Å². The summed E-state index contributed by atoms with van der Waals surface area (Å²) in [6.07, 6.45) is 5.96. The zero-order valence-corrected chi connectivity index (χ0v) is 9.87. The van der Waals surface area contributed by atoms with E-state index in [2.05, 4.69) is 17.1 Å². The van der Waals surface area contributed by atoms with Gasteiger partial charge in [-0.05, 0) is 19.4 Å². The van der Waals surface area contributed by atoms with Gasteiger partial charge in [-0.3, -0.25) is 4.90 Å². The summed E-state index contributed by atoms with van der Waals surface area (Å²) in [5.74, 6) is 0. The maximum Gasteiger partial charge on any atom is 0.0826 e. The molecule has 1 aliphatic heterocycles. The molecule has 2 rings (SSSR count). The first-order chi connectivity index (χ1) is 7.38. The van der Waals surface area contributed by atoms with E-state index in [1.165, 1.54) is 25.7 Å². The van der Waals surface area contributed by atoms with E-state index in [1.54, 1.807) is 0 Å². The average molecular weight is 212 g/mol. The summed E-state index contributed by atoms with van der Waals surface area (Å²) in [6.45, 7) is 7.55. The second-order valence-electron chi connectivity index (χ2n) is 4.78. The third kappa shape index (κ3) is 3.44. The number of likely N-dealkylation sites (N-methyl/N-ethyl adjacent to an activating group) is 1. The van der Waals surface area contributed by atoms with Crippen LogP contribution in [0.3, 0.4) is 0 Å². The fourth-order valence-corrected chi connectivity index (χ4v) is 2.62. The van der Waals surface area contributed by atoms with Crippen LogP contribution in [0.1, 0.15) is 32.6 Å². The van der Waals surface area contributed by atoms with Gasteiger partial charge in [-0.25, -0.2) is 0 Å². The first-order valence-corrected chi connectivity index (χ1v) is 6.46. The van der Waals surface area contributed by atoms with Crippen molar-refractivity contribution in [3.05, 3.63) is 0 Å². The summed E-state index contributed by atoms with van der Waals surface area (Å²) in [5, 5.41) is 3.64. The molecule has 88 valence electrons. The monoisotopic (exact) mass is 212 g/mol. The zero-order chi connectivity index (χ0) is 10.5. The van der Waals surface area contributed by atoms with Gasteiger partial charge in [0.2, 0.25) is 0 Å². The summed E-state index contributed by atoms with van der Waals surface area (Å²) in [7, 11) is 0. The molecule has 1 saturated carbocycles. The van der Waals surface area contributed by atoms with Crippen LogP contribution in [0.4, 0.5) is 0 Å². The maximum absolute atomic E-state index is 5.77. The van der Waals surface area contributed by atoms with Crippen molar-refractivity contribution in [1.29, 1.82) is 0 Å². The zero-order valence-electron chi connectivity index (χ0n) is 9.87. The highest BCUT2D eigenvalue weighted by Gasteiger charge is 2.21. The number of nitrogens with zero attached hydrogens (tertiary/aromatic N) is 1. The molecule has 0 spiro atoms. The van der Waals surface area contributed by atoms with Crippen molar-refractivity contribution in [3.8, 4) is 0 Å². The van der Waals surface area contributed by atoms with Gasteiger partial charge in [0, 0.05) is 25.7 Å². The molecule has 0 aromatic heterocycles. The fourth-order valence-electron chi connectivity index (χ4n) is 2.62. The quantitative estimate of drug-likeness (QED) is 0.759. The Kier molecular flexibility index (Phi) is 4.42. The van der Waals surface area contributed by atoms with Gasteiger partial charge in [0.25, 0.3) is 0 Å². The van der Waals surface area contributed by atoms with Crippen molar-refractivity contribution in [2.45, 2.75) is 44.8 Å². The summed E-state index contributed by atoms with van der Waals surface area (Å²) in [5.41, 5.74) is 0. The smallest absolute Gasteiger partial charge is 0.0826 e. The molecule has 0 aromatic carbocycles. The van der Waals surface area contributed by atoms with E-state index in [1.807, 2.05) is 0 Å². The molecule has 0 aromatic rings. The number of ether oxygens (including phenoxy) is 1. The Morgan fingerprint density at radius 1 is 1.33 bits per heavy atom. The summed E-state index contributed by atoms with van der Waals surface area (Å²) >= 11 is 0. The van der Waals surface area contributed by atoms with Gasteiger partial charge in [-0.15, -0.1) is 0 Å². The van der Waals surface area contributed by atoms with Crippen molar-refractivity contribution >= 4 is 0 Å². The SMILES string of the molecule is CCN1CCO[C@@H](CNC2CCCC2)C1. The molecule has 1 saturated heterocycles. The van der Waals surface area contributed by atoms with Crippen LogP contribution in [0.5, 0.6) is 0 Å². The Balaban J connectivity index is 1.65. The highest BCUT2D eigenvalue weighted by Crippen LogP contribution is 2.17. The van der Waals surface area contributed by atoms with Gasteiger partial charge in [0.05, 0.1) is 12.7 Å². The van der Waals surface area contributed by atoms with Crippen LogP contribution in [-0.4, -0.2) is 49.8 Å². The molecule has 1 atom stereocenters. The summed E-state index contributed by atoms with van der Waals surface area (Å²) < 4.78 is 5.77. The molecule has 0 radical (unpaired) electrons. The van der Waals surface area contributed by atoms with Gasteiger partial charge >= 0.3 is 0 Å². The molecule has 1 heterocycles. The highest BCUT2D eigenvalue weighted by atomic mass is 16.5. The van der Waals surface area contributed by atoms with E-state index in [0.29, 0.717) is 6.10 Å². The molecule has 0 bridgehead atoms. The van der Waals surface area contributed by atoms with Crippen molar-refractivity contribution in [2.75, 3.05) is 32.8 Å². The Bertz CT molecular complexity index is 180. The van der Waals surface area contributed by atoms with Crippen LogP contribution < -0.4 is 5.32 Å². The minimum atomic E-state index is 0.416. The lowest BCUT2D eigenvalue weighted by Crippen LogP contribution is -2.47. The van der Waals surface area contributed by atoms with Crippen molar-refractivity contribution < 1.29 is 4.74 Å². The largest absolute Gasteiger partial charge is 0.374 e. The van der Waals surface area contributed by atoms with E-state index in [4.69, 9.17) is 4.74 Å². The van der Waals surface area contributed by atoms with Crippen LogP contribution in [0.25, 0.3) is 0 Å². The number of morpholine rings is 1. The second kappa shape index (κ2) is 5.83. The van der Waals surface area contributed by atoms with E-state index in [-0.39, 0.29) is 0 Å². The third-order valence-corrected chi connectivity index (χ3v) is 3.66. The molecule has 2 fully saturated rings. The molecule has 15 heavy (non-hydrogen) atoms. The molecule has 0 unspecified atom stereocenters. The Morgan fingerprint density at radius 3 is 2.87 bits per heavy atom. The van der Waals surface area contributed by atoms with Crippen molar-refractivity contribution in [2.24, 2.45) is 0 Å². The molecule has 3 heteroatoms. The number of hydrogen-bond donors (Lipinski definition) is 1. The molecule has 0 amide bonds. The molecular weight excluding hydrogens is 188 g/mol. The maximum atomic E-state index is 5.77. The third-order valence-electron chi connectivity index (χ3n) is 3.66. The highest BCUT2D eigenvalue weighted by molar-refractivity contribution is 4.78. The van der Waals surface area contributed by atoms with Gasteiger partial charge in [0.1, 0.15) is 0 Å². The van der Waals surface area contributed by atoms with E-state index < -0.39 is 0 Å². The van der Waals surface area contributed by atoms with Gasteiger partial charge in [0.15, 0.2) is 0 Å². The van der Waals surface area contributed by atoms with Crippen molar-refractivity contribution in [3.63, 3.8) is 0 Å². The lowest BCUT2D eigenvalue weighted by Gasteiger charge is -2.32. The fraction of sp³-hybridized carbons (Fsp3) is 1.00. The summed E-state index contributed by atoms with van der Waals surface area (Å²) in [4.78, 5) is 2.48. The summed E-state index contributed by atoms with van der Waals surface area (Å²) in [6, 6.07) is 0.769. The molecule has 1 aliphatic carbocycles. The Labute approximate surface area is 93.2 Å². The Morgan fingerprint density at radius 2 is 2.13 bits per heavy atom. The number of hydrogen-bond acceptors (Lipinski definition) is 3. The average Bonchev–Trinajstić information content (AvgIpc) is 2.79. The standard InChI is InChI=1S/C12H24N2O/c1-2-14-7-8-15-12(10-14)9-13-11-5-3-4-6-11/h11-13H,2-10H2,1H3/t12-/m0/s1. The minimum absolute atomic E-state index is 0.416. The van der Waals surface area contributed by atoms with Crippen LogP contribution in [-0.2, 0) is 4.74 Å². The molecule has 1 N–H and O–H groups in total. The predicted octanol–water partition coefficient (Wildman–Crippen LogP) is 1.24. The van der Waals surface area contributed by atoms with Crippen molar-refractivity contribution in [1.82, 2.24) is 10.2 Å². The Hall–Kier alpha value is -0.120. The van der Waals surface area contributed by atoms with Gasteiger partial charge in [-0.1, -0.05) is 19.8 Å². The van der Waals surface area contributed by atoms with Gasteiger partial charge in [-0.2, -0.15) is 0 Å². The first kappa shape index (κ1) is 11.4. The lowest BCUT2D eigenvalue weighted by molar-refractivity contribution is -0.0262. The van der Waals surface area contributed by atoms with Crippen LogP contribution in [0.2, 0.25) is 0 Å². The first-order valence-electron chi connectivity index (χ1n) is 6.46. The topological polar surface area (TPSA) is 24.5 Å². The van der Waals surface area contributed by atoms with Gasteiger partial charge < -0.3 is 10.1 Å². The second-order valence-corrected chi connectivity index (χ2v) is 4.78. The van der Waals surface area contributed by atoms with E-state index >= 15 is 0 Å². The van der Waals surface area contributed by atoms with E-state index in [9.17, 15) is 0 Å². The number of nitrogens with one attached hydrogen (secondary N) is 1. The predicted molar refractivity (Wildman–Crippen MR) is 62.1 cm³/mol. The number of rotatable bonds is 4. The van der Waals surface area contributed by atoms with Crippen LogP contribution in [0.15, 0.2) is 0 Å². The van der Waals surface area contributed by atoms with E-state index in [0.717, 1.165) is 38.8 Å². The molecular formula is C12H24N2O. The lowest BCUT2D eigenvalue weighted by atomic mass is 10.2. The normalized spacial score (nSPS) is 29.8. The molecule has 2 aliphatic rings. The van der Waals surface area contributed by atoms with Crippen LogP contribution in [0, 0.1) is 0 Å². The minimum Gasteiger partial charge on any atom is -0.374 e.